The molecule has 1 aromatic carbocycles. The number of carbonyl (C=O) groups is 1. The maximum Gasteiger partial charge on any atom is 0.246 e. The van der Waals surface area contributed by atoms with Crippen molar-refractivity contribution in [2.75, 3.05) is 19.8 Å². The standard InChI is InChI=1S/C15H23NO3/c1-2-3-11-19-12-15(18)16-14(9-10-17)13-7-5-4-6-8-13/h4-8,14,17H,2-3,9-12H2,1H3,(H,16,18). The topological polar surface area (TPSA) is 58.6 Å². The van der Waals surface area contributed by atoms with Crippen LogP contribution in [0.15, 0.2) is 30.3 Å². The third kappa shape index (κ3) is 6.36. The van der Waals surface area contributed by atoms with E-state index in [1.807, 2.05) is 30.3 Å². The van der Waals surface area contributed by atoms with E-state index in [2.05, 4.69) is 12.2 Å². The van der Waals surface area contributed by atoms with E-state index < -0.39 is 0 Å². The lowest BCUT2D eigenvalue weighted by atomic mass is 10.0. The number of nitrogens with one attached hydrogen (secondary N) is 1. The SMILES string of the molecule is CCCCOCC(=O)NC(CCO)c1ccccc1. The van der Waals surface area contributed by atoms with Crippen LogP contribution in [-0.4, -0.2) is 30.8 Å². The quantitative estimate of drug-likeness (QED) is 0.672. The van der Waals surface area contributed by atoms with Crippen LogP contribution in [0.25, 0.3) is 0 Å². The Morgan fingerprint density at radius 1 is 1.37 bits per heavy atom. The molecule has 0 aliphatic heterocycles. The van der Waals surface area contributed by atoms with Crippen molar-refractivity contribution in [1.29, 1.82) is 0 Å². The molecule has 0 fully saturated rings. The van der Waals surface area contributed by atoms with E-state index in [9.17, 15) is 4.79 Å². The first kappa shape index (κ1) is 15.7. The van der Waals surface area contributed by atoms with Crippen molar-refractivity contribution in [1.82, 2.24) is 5.32 Å². The van der Waals surface area contributed by atoms with Crippen LogP contribution in [0, 0.1) is 0 Å². The number of ether oxygens (including phenoxy) is 1. The van der Waals surface area contributed by atoms with Crippen LogP contribution in [0.5, 0.6) is 0 Å². The van der Waals surface area contributed by atoms with E-state index in [0.717, 1.165) is 18.4 Å². The van der Waals surface area contributed by atoms with Crippen molar-refractivity contribution < 1.29 is 14.6 Å². The van der Waals surface area contributed by atoms with Crippen molar-refractivity contribution in [2.24, 2.45) is 0 Å². The molecule has 0 aliphatic rings. The zero-order chi connectivity index (χ0) is 13.9. The van der Waals surface area contributed by atoms with E-state index >= 15 is 0 Å². The van der Waals surface area contributed by atoms with Gasteiger partial charge in [-0.25, -0.2) is 0 Å². The van der Waals surface area contributed by atoms with Crippen molar-refractivity contribution in [2.45, 2.75) is 32.2 Å². The molecular weight excluding hydrogens is 242 g/mol. The molecule has 0 aliphatic carbocycles. The molecule has 4 heteroatoms. The lowest BCUT2D eigenvalue weighted by molar-refractivity contribution is -0.126. The van der Waals surface area contributed by atoms with Crippen LogP contribution < -0.4 is 5.32 Å². The second-order valence-electron chi connectivity index (χ2n) is 4.45. The number of aliphatic hydroxyl groups is 1. The van der Waals surface area contributed by atoms with Gasteiger partial charge in [0, 0.05) is 13.2 Å². The molecule has 1 rings (SSSR count). The molecule has 4 nitrogen and oxygen atoms in total. The minimum atomic E-state index is -0.159. The van der Waals surface area contributed by atoms with Crippen LogP contribution >= 0.6 is 0 Å². The smallest absolute Gasteiger partial charge is 0.246 e. The Morgan fingerprint density at radius 3 is 2.74 bits per heavy atom. The van der Waals surface area contributed by atoms with Gasteiger partial charge in [0.15, 0.2) is 0 Å². The summed E-state index contributed by atoms with van der Waals surface area (Å²) >= 11 is 0. The van der Waals surface area contributed by atoms with Crippen LogP contribution in [0.2, 0.25) is 0 Å². The summed E-state index contributed by atoms with van der Waals surface area (Å²) in [6.45, 7) is 2.81. The van der Waals surface area contributed by atoms with Crippen LogP contribution in [0.4, 0.5) is 0 Å². The molecule has 0 heterocycles. The molecule has 0 spiro atoms. The second-order valence-corrected chi connectivity index (χ2v) is 4.45. The molecule has 1 aromatic rings. The van der Waals surface area contributed by atoms with Gasteiger partial charge in [-0.15, -0.1) is 0 Å². The fourth-order valence-corrected chi connectivity index (χ4v) is 1.78. The number of rotatable bonds is 9. The maximum atomic E-state index is 11.7. The molecule has 0 bridgehead atoms. The van der Waals surface area contributed by atoms with Crippen molar-refractivity contribution in [3.63, 3.8) is 0 Å². The summed E-state index contributed by atoms with van der Waals surface area (Å²) in [5.74, 6) is -0.140. The van der Waals surface area contributed by atoms with Gasteiger partial charge in [-0.05, 0) is 18.4 Å². The third-order valence-corrected chi connectivity index (χ3v) is 2.83. The van der Waals surface area contributed by atoms with Crippen LogP contribution in [-0.2, 0) is 9.53 Å². The summed E-state index contributed by atoms with van der Waals surface area (Å²) in [6, 6.07) is 9.49. The number of benzene rings is 1. The van der Waals surface area contributed by atoms with Gasteiger partial charge in [0.05, 0.1) is 6.04 Å². The van der Waals surface area contributed by atoms with E-state index in [-0.39, 0.29) is 25.2 Å². The van der Waals surface area contributed by atoms with Gasteiger partial charge >= 0.3 is 0 Å². The predicted octanol–water partition coefficient (Wildman–Crippen LogP) is 2.04. The molecule has 19 heavy (non-hydrogen) atoms. The fraction of sp³-hybridized carbons (Fsp3) is 0.533. The highest BCUT2D eigenvalue weighted by Gasteiger charge is 2.13. The van der Waals surface area contributed by atoms with E-state index in [1.54, 1.807) is 0 Å². The first-order chi connectivity index (χ1) is 9.27. The normalized spacial score (nSPS) is 12.1. The molecule has 0 radical (unpaired) electrons. The third-order valence-electron chi connectivity index (χ3n) is 2.83. The zero-order valence-corrected chi connectivity index (χ0v) is 11.5. The summed E-state index contributed by atoms with van der Waals surface area (Å²) in [7, 11) is 0. The van der Waals surface area contributed by atoms with Gasteiger partial charge in [0.1, 0.15) is 6.61 Å². The Morgan fingerprint density at radius 2 is 2.11 bits per heavy atom. The van der Waals surface area contributed by atoms with Gasteiger partial charge in [-0.1, -0.05) is 43.7 Å². The highest BCUT2D eigenvalue weighted by Crippen LogP contribution is 2.15. The molecule has 1 atom stereocenters. The number of carbonyl (C=O) groups excluding carboxylic acids is 1. The fourth-order valence-electron chi connectivity index (χ4n) is 1.78. The van der Waals surface area contributed by atoms with E-state index in [4.69, 9.17) is 9.84 Å². The summed E-state index contributed by atoms with van der Waals surface area (Å²) in [5.41, 5.74) is 0.999. The number of hydrogen-bond donors (Lipinski definition) is 2. The summed E-state index contributed by atoms with van der Waals surface area (Å²) in [6.07, 6.45) is 2.52. The Bertz CT molecular complexity index is 354. The number of hydrogen-bond acceptors (Lipinski definition) is 3. The largest absolute Gasteiger partial charge is 0.396 e. The van der Waals surface area contributed by atoms with Gasteiger partial charge in [-0.2, -0.15) is 0 Å². The molecule has 1 amide bonds. The Kier molecular flexibility index (Phi) is 7.86. The van der Waals surface area contributed by atoms with Gasteiger partial charge in [0.25, 0.3) is 0 Å². The lowest BCUT2D eigenvalue weighted by Gasteiger charge is -2.18. The summed E-state index contributed by atoms with van der Waals surface area (Å²) in [4.78, 5) is 11.7. The number of amides is 1. The van der Waals surface area contributed by atoms with Gasteiger partial charge in [-0.3, -0.25) is 4.79 Å². The number of aliphatic hydroxyl groups excluding tert-OH is 1. The van der Waals surface area contributed by atoms with Crippen LogP contribution in [0.3, 0.4) is 0 Å². The maximum absolute atomic E-state index is 11.7. The molecular formula is C15H23NO3. The van der Waals surface area contributed by atoms with E-state index in [0.29, 0.717) is 13.0 Å². The summed E-state index contributed by atoms with van der Waals surface area (Å²) in [5, 5.41) is 12.0. The average Bonchev–Trinajstić information content (AvgIpc) is 2.44. The summed E-state index contributed by atoms with van der Waals surface area (Å²) < 4.78 is 5.28. The molecule has 2 N–H and O–H groups in total. The van der Waals surface area contributed by atoms with Crippen LogP contribution in [0.1, 0.15) is 37.8 Å². The predicted molar refractivity (Wildman–Crippen MR) is 74.8 cm³/mol. The highest BCUT2D eigenvalue weighted by molar-refractivity contribution is 5.77. The monoisotopic (exact) mass is 265 g/mol. The van der Waals surface area contributed by atoms with Crippen molar-refractivity contribution in [3.05, 3.63) is 35.9 Å². The first-order valence-electron chi connectivity index (χ1n) is 6.80. The van der Waals surface area contributed by atoms with Crippen molar-refractivity contribution in [3.8, 4) is 0 Å². The Labute approximate surface area is 114 Å². The highest BCUT2D eigenvalue weighted by atomic mass is 16.5. The van der Waals surface area contributed by atoms with Crippen molar-refractivity contribution >= 4 is 5.91 Å². The molecule has 1 unspecified atom stereocenters. The van der Waals surface area contributed by atoms with E-state index in [1.165, 1.54) is 0 Å². The lowest BCUT2D eigenvalue weighted by Crippen LogP contribution is -2.32. The second kappa shape index (κ2) is 9.53. The van der Waals surface area contributed by atoms with Gasteiger partial charge in [0.2, 0.25) is 5.91 Å². The van der Waals surface area contributed by atoms with Gasteiger partial charge < -0.3 is 15.2 Å². The first-order valence-corrected chi connectivity index (χ1v) is 6.80. The molecule has 0 aromatic heterocycles. The molecule has 0 saturated heterocycles. The average molecular weight is 265 g/mol. The zero-order valence-electron chi connectivity index (χ0n) is 11.5. The molecule has 106 valence electrons. The number of unbranched alkanes of at least 4 members (excludes halogenated alkanes) is 1. The molecule has 0 saturated carbocycles. The minimum absolute atomic E-state index is 0.0382. The Hall–Kier alpha value is -1.39. The Balaban J connectivity index is 2.43. The minimum Gasteiger partial charge on any atom is -0.396 e.